The SMILES string of the molecule is Cc1ccc(S(=O)(=O)n2c(-c3cccc(N4[C@@H]5CC[C@H]4C[C@@H](C(=O)O)C5)c3)c(-c3ccsc3C#N)c3cc(F)ccc32)cc1. The zero-order chi connectivity index (χ0) is 30.7. The van der Waals surface area contributed by atoms with E-state index in [-0.39, 0.29) is 22.9 Å². The Hall–Kier alpha value is -4.46. The minimum atomic E-state index is -4.19. The minimum absolute atomic E-state index is 0.0721. The molecular weight excluding hydrogens is 598 g/mol. The maximum absolute atomic E-state index is 14.9. The van der Waals surface area contributed by atoms with E-state index in [2.05, 4.69) is 11.0 Å². The average Bonchev–Trinajstić information content (AvgIpc) is 3.68. The molecule has 7 nitrogen and oxygen atoms in total. The zero-order valence-corrected chi connectivity index (χ0v) is 25.4. The van der Waals surface area contributed by atoms with Gasteiger partial charge in [0.1, 0.15) is 16.8 Å². The fourth-order valence-electron chi connectivity index (χ4n) is 7.04. The van der Waals surface area contributed by atoms with E-state index in [1.807, 2.05) is 31.2 Å². The van der Waals surface area contributed by atoms with Crippen LogP contribution in [0.15, 0.2) is 83.1 Å². The lowest BCUT2D eigenvalue weighted by molar-refractivity contribution is -0.142. The number of hydrogen-bond acceptors (Lipinski definition) is 6. The predicted molar refractivity (Wildman–Crippen MR) is 169 cm³/mol. The summed E-state index contributed by atoms with van der Waals surface area (Å²) in [5, 5.41) is 21.8. The van der Waals surface area contributed by atoms with Crippen LogP contribution in [0, 0.1) is 30.0 Å². The van der Waals surface area contributed by atoms with Crippen molar-refractivity contribution in [2.75, 3.05) is 4.90 Å². The number of piperidine rings is 1. The van der Waals surface area contributed by atoms with E-state index in [4.69, 9.17) is 0 Å². The van der Waals surface area contributed by atoms with Crippen molar-refractivity contribution in [1.82, 2.24) is 3.97 Å². The number of carbonyl (C=O) groups is 1. The molecule has 7 rings (SSSR count). The Morgan fingerprint density at radius 2 is 1.75 bits per heavy atom. The lowest BCUT2D eigenvalue weighted by atomic mass is 9.90. The number of aromatic nitrogens is 1. The van der Waals surface area contributed by atoms with Gasteiger partial charge in [-0.3, -0.25) is 4.79 Å². The molecule has 2 aliphatic rings. The highest BCUT2D eigenvalue weighted by Gasteiger charge is 2.43. The van der Waals surface area contributed by atoms with Crippen LogP contribution in [0.1, 0.15) is 36.1 Å². The summed E-state index contributed by atoms with van der Waals surface area (Å²) in [6.07, 6.45) is 2.91. The molecule has 44 heavy (non-hydrogen) atoms. The van der Waals surface area contributed by atoms with Crippen molar-refractivity contribution >= 4 is 43.9 Å². The van der Waals surface area contributed by atoms with Gasteiger partial charge in [-0.2, -0.15) is 5.26 Å². The summed E-state index contributed by atoms with van der Waals surface area (Å²) < 4.78 is 45.2. The second-order valence-corrected chi connectivity index (χ2v) is 14.3. The van der Waals surface area contributed by atoms with Crippen molar-refractivity contribution in [2.24, 2.45) is 5.92 Å². The number of rotatable bonds is 6. The standard InChI is InChI=1S/C34H28FN3O4S2/c1-20-5-10-27(11-6-20)44(41,42)38-30-12-7-23(35)18-29(30)32(28-13-14-43-31(28)19-36)33(38)21-3-2-4-24(15-21)37-25-8-9-26(37)17-22(16-25)34(39)40/h2-7,10-15,18,22,25-26H,8-9,16-17H2,1H3,(H,39,40)/t22-,25+,26-. The van der Waals surface area contributed by atoms with Gasteiger partial charge in [-0.05, 0) is 86.5 Å². The fraction of sp³-hybridized carbons (Fsp3) is 0.235. The van der Waals surface area contributed by atoms with Crippen molar-refractivity contribution in [3.05, 3.63) is 94.4 Å². The molecule has 1 N–H and O–H groups in total. The second kappa shape index (κ2) is 10.6. The van der Waals surface area contributed by atoms with Gasteiger partial charge < -0.3 is 10.0 Å². The smallest absolute Gasteiger partial charge is 0.306 e. The molecule has 10 heteroatoms. The summed E-state index contributed by atoms with van der Waals surface area (Å²) in [6, 6.07) is 22.4. The largest absolute Gasteiger partial charge is 0.481 e. The number of fused-ring (bicyclic) bond motifs is 3. The first-order valence-electron chi connectivity index (χ1n) is 14.4. The summed E-state index contributed by atoms with van der Waals surface area (Å²) >= 11 is 1.24. The number of carboxylic acids is 1. The monoisotopic (exact) mass is 625 g/mol. The van der Waals surface area contributed by atoms with E-state index >= 15 is 0 Å². The molecule has 3 aromatic carbocycles. The average molecular weight is 626 g/mol. The number of benzene rings is 3. The third-order valence-electron chi connectivity index (χ3n) is 8.98. The molecule has 4 heterocycles. The first kappa shape index (κ1) is 28.3. The van der Waals surface area contributed by atoms with Crippen LogP contribution in [0.2, 0.25) is 0 Å². The predicted octanol–water partition coefficient (Wildman–Crippen LogP) is 7.43. The number of anilines is 1. The van der Waals surface area contributed by atoms with E-state index in [1.165, 1.54) is 33.5 Å². The zero-order valence-electron chi connectivity index (χ0n) is 23.8. The molecule has 0 amide bonds. The highest BCUT2D eigenvalue weighted by Crippen LogP contribution is 2.47. The van der Waals surface area contributed by atoms with Crippen LogP contribution in [0.4, 0.5) is 10.1 Å². The summed E-state index contributed by atoms with van der Waals surface area (Å²) in [4.78, 5) is 14.6. The number of aryl methyl sites for hydroxylation is 1. The Kier molecular flexibility index (Phi) is 6.83. The van der Waals surface area contributed by atoms with Crippen molar-refractivity contribution in [2.45, 2.75) is 49.6 Å². The Balaban J connectivity index is 1.50. The molecule has 0 spiro atoms. The third-order valence-corrected chi connectivity index (χ3v) is 11.5. The lowest BCUT2D eigenvalue weighted by Crippen LogP contribution is -2.44. The molecule has 2 aliphatic heterocycles. The van der Waals surface area contributed by atoms with E-state index in [0.717, 1.165) is 24.1 Å². The van der Waals surface area contributed by atoms with Gasteiger partial charge in [-0.15, -0.1) is 11.3 Å². The lowest BCUT2D eigenvalue weighted by Gasteiger charge is -2.39. The van der Waals surface area contributed by atoms with Gasteiger partial charge in [0.05, 0.1) is 22.0 Å². The molecule has 0 aliphatic carbocycles. The quantitative estimate of drug-likeness (QED) is 0.211. The van der Waals surface area contributed by atoms with Crippen molar-refractivity contribution in [3.63, 3.8) is 0 Å². The molecule has 0 unspecified atom stereocenters. The van der Waals surface area contributed by atoms with E-state index in [0.29, 0.717) is 51.0 Å². The maximum Gasteiger partial charge on any atom is 0.306 e. The highest BCUT2D eigenvalue weighted by atomic mass is 32.2. The normalized spacial score (nSPS) is 19.8. The number of carboxylic acid groups (broad SMARTS) is 1. The highest BCUT2D eigenvalue weighted by molar-refractivity contribution is 7.90. The molecule has 3 atom stereocenters. The van der Waals surface area contributed by atoms with Crippen LogP contribution in [0.3, 0.4) is 0 Å². The van der Waals surface area contributed by atoms with E-state index in [1.54, 1.807) is 35.7 Å². The molecule has 5 aromatic rings. The van der Waals surface area contributed by atoms with Gasteiger partial charge in [0, 0.05) is 39.8 Å². The Morgan fingerprint density at radius 3 is 2.43 bits per heavy atom. The first-order valence-corrected chi connectivity index (χ1v) is 16.7. The van der Waals surface area contributed by atoms with Gasteiger partial charge in [0.25, 0.3) is 10.0 Å². The molecule has 222 valence electrons. The topological polar surface area (TPSA) is 103 Å². The Labute approximate surface area is 258 Å². The Bertz CT molecular complexity index is 2080. The third kappa shape index (κ3) is 4.50. The van der Waals surface area contributed by atoms with Crippen LogP contribution in [-0.4, -0.2) is 35.5 Å². The van der Waals surface area contributed by atoms with Gasteiger partial charge in [0.15, 0.2) is 0 Å². The molecule has 2 aromatic heterocycles. The molecule has 2 fully saturated rings. The number of nitriles is 1. The van der Waals surface area contributed by atoms with Crippen LogP contribution < -0.4 is 4.90 Å². The number of thiophene rings is 1. The fourth-order valence-corrected chi connectivity index (χ4v) is 9.28. The number of nitrogens with zero attached hydrogens (tertiary/aromatic N) is 3. The van der Waals surface area contributed by atoms with E-state index in [9.17, 15) is 28.0 Å². The van der Waals surface area contributed by atoms with Crippen LogP contribution >= 0.6 is 11.3 Å². The van der Waals surface area contributed by atoms with Gasteiger partial charge in [-0.1, -0.05) is 29.8 Å². The first-order chi connectivity index (χ1) is 21.2. The van der Waals surface area contributed by atoms with Crippen molar-refractivity contribution in [3.8, 4) is 28.5 Å². The molecular formula is C34H28FN3O4S2. The second-order valence-electron chi connectivity index (χ2n) is 11.6. The van der Waals surface area contributed by atoms with Gasteiger partial charge in [0.2, 0.25) is 0 Å². The van der Waals surface area contributed by atoms with Gasteiger partial charge >= 0.3 is 5.97 Å². The van der Waals surface area contributed by atoms with Crippen LogP contribution in [-0.2, 0) is 14.8 Å². The van der Waals surface area contributed by atoms with E-state index < -0.39 is 21.8 Å². The summed E-state index contributed by atoms with van der Waals surface area (Å²) in [6.45, 7) is 1.88. The van der Waals surface area contributed by atoms with Crippen LogP contribution in [0.25, 0.3) is 33.3 Å². The van der Waals surface area contributed by atoms with Crippen molar-refractivity contribution < 1.29 is 22.7 Å². The van der Waals surface area contributed by atoms with Crippen LogP contribution in [0.5, 0.6) is 0 Å². The van der Waals surface area contributed by atoms with Crippen molar-refractivity contribution in [1.29, 1.82) is 5.26 Å². The number of aliphatic carboxylic acids is 1. The molecule has 0 saturated carbocycles. The summed E-state index contributed by atoms with van der Waals surface area (Å²) in [5.41, 5.74) is 4.04. The number of halogens is 1. The molecule has 2 saturated heterocycles. The van der Waals surface area contributed by atoms with Gasteiger partial charge in [-0.25, -0.2) is 16.8 Å². The molecule has 2 bridgehead atoms. The Morgan fingerprint density at radius 1 is 1.02 bits per heavy atom. The molecule has 0 radical (unpaired) electrons. The number of hydrogen-bond donors (Lipinski definition) is 1. The maximum atomic E-state index is 14.9. The minimum Gasteiger partial charge on any atom is -0.481 e. The summed E-state index contributed by atoms with van der Waals surface area (Å²) in [5.74, 6) is -1.66. The summed E-state index contributed by atoms with van der Waals surface area (Å²) in [7, 11) is -4.19.